The number of carbonyl (C=O) groups excluding carboxylic acids is 2. The summed E-state index contributed by atoms with van der Waals surface area (Å²) in [5.41, 5.74) is 8.02. The third kappa shape index (κ3) is 3.74. The van der Waals surface area contributed by atoms with Gasteiger partial charge in [-0.15, -0.1) is 0 Å². The number of aromatic amines is 1. The number of methoxy groups -OCH3 is 1. The van der Waals surface area contributed by atoms with E-state index in [9.17, 15) is 9.59 Å². The van der Waals surface area contributed by atoms with Crippen molar-refractivity contribution in [3.8, 4) is 5.75 Å². The van der Waals surface area contributed by atoms with Crippen molar-refractivity contribution in [1.29, 1.82) is 0 Å². The maximum absolute atomic E-state index is 12.9. The second-order valence-electron chi connectivity index (χ2n) is 7.11. The lowest BCUT2D eigenvalue weighted by molar-refractivity contribution is -0.134. The van der Waals surface area contributed by atoms with E-state index in [1.54, 1.807) is 24.3 Å². The molecule has 2 amide bonds. The molecule has 2 aliphatic rings. The molecule has 148 valence electrons. The molecule has 3 heterocycles. The Kier molecular flexibility index (Phi) is 5.31. The summed E-state index contributed by atoms with van der Waals surface area (Å²) in [5.74, 6) is 0.859. The van der Waals surface area contributed by atoms with Crippen molar-refractivity contribution in [3.05, 3.63) is 53.9 Å². The molecule has 1 aromatic carbocycles. The number of benzene rings is 1. The van der Waals surface area contributed by atoms with Crippen LogP contribution in [0.4, 0.5) is 0 Å². The van der Waals surface area contributed by atoms with Gasteiger partial charge in [-0.1, -0.05) is 12.1 Å². The molecule has 8 nitrogen and oxygen atoms in total. The molecule has 2 unspecified atom stereocenters. The first-order valence-corrected chi connectivity index (χ1v) is 9.52. The lowest BCUT2D eigenvalue weighted by Gasteiger charge is -2.35. The highest BCUT2D eigenvalue weighted by Crippen LogP contribution is 2.26. The smallest absolute Gasteiger partial charge is 0.270 e. The second-order valence-corrected chi connectivity index (χ2v) is 7.11. The van der Waals surface area contributed by atoms with Crippen molar-refractivity contribution in [2.45, 2.75) is 18.5 Å². The molecule has 3 N–H and O–H groups in total. The zero-order valence-electron chi connectivity index (χ0n) is 15.9. The Morgan fingerprint density at radius 1 is 1.04 bits per heavy atom. The maximum Gasteiger partial charge on any atom is 0.270 e. The molecule has 0 spiro atoms. The van der Waals surface area contributed by atoms with E-state index in [4.69, 9.17) is 4.74 Å². The number of rotatable bonds is 4. The van der Waals surface area contributed by atoms with Gasteiger partial charge in [0.25, 0.3) is 5.91 Å². The summed E-state index contributed by atoms with van der Waals surface area (Å²) in [7, 11) is 1.64. The van der Waals surface area contributed by atoms with Crippen LogP contribution in [0.25, 0.3) is 0 Å². The van der Waals surface area contributed by atoms with Crippen LogP contribution >= 0.6 is 0 Å². The molecule has 2 atom stereocenters. The fraction of sp³-hybridized carbons (Fsp3) is 0.400. The van der Waals surface area contributed by atoms with Crippen LogP contribution in [-0.2, 0) is 4.79 Å². The van der Waals surface area contributed by atoms with E-state index in [-0.39, 0.29) is 23.9 Å². The number of hydrazine groups is 1. The average molecular weight is 383 g/mol. The van der Waals surface area contributed by atoms with E-state index < -0.39 is 0 Å². The van der Waals surface area contributed by atoms with Crippen LogP contribution in [0.2, 0.25) is 0 Å². The van der Waals surface area contributed by atoms with Crippen LogP contribution in [0, 0.1) is 0 Å². The Morgan fingerprint density at radius 3 is 2.54 bits per heavy atom. The molecule has 2 saturated heterocycles. The Bertz CT molecular complexity index is 830. The fourth-order valence-electron chi connectivity index (χ4n) is 3.78. The highest BCUT2D eigenvalue weighted by atomic mass is 16.5. The molecule has 2 fully saturated rings. The first kappa shape index (κ1) is 18.5. The SMILES string of the molecule is COc1cccc(C2CC(C(=O)N3CCN(C(=O)c4ccc[nH]4)CC3)NN2)c1. The minimum absolute atomic E-state index is 0.0177. The quantitative estimate of drug-likeness (QED) is 0.730. The Morgan fingerprint density at radius 2 is 1.82 bits per heavy atom. The fourth-order valence-corrected chi connectivity index (χ4v) is 3.78. The molecular weight excluding hydrogens is 358 g/mol. The summed E-state index contributed by atoms with van der Waals surface area (Å²) >= 11 is 0. The van der Waals surface area contributed by atoms with Crippen molar-refractivity contribution >= 4 is 11.8 Å². The Hall–Kier alpha value is -2.84. The number of hydrogen-bond donors (Lipinski definition) is 3. The van der Waals surface area contributed by atoms with E-state index in [2.05, 4.69) is 15.8 Å². The van der Waals surface area contributed by atoms with Gasteiger partial charge in [0.05, 0.1) is 7.11 Å². The molecule has 28 heavy (non-hydrogen) atoms. The molecule has 8 heteroatoms. The van der Waals surface area contributed by atoms with E-state index in [0.29, 0.717) is 38.3 Å². The van der Waals surface area contributed by atoms with Crippen molar-refractivity contribution in [1.82, 2.24) is 25.6 Å². The standard InChI is InChI=1S/C20H25N5O3/c1-28-15-5-2-4-14(12-15)17-13-18(23-22-17)20(27)25-10-8-24(9-11-25)19(26)16-6-3-7-21-16/h2-7,12,17-18,21-23H,8-11,13H2,1H3. The highest BCUT2D eigenvalue weighted by Gasteiger charge is 2.34. The molecule has 2 aromatic rings. The lowest BCUT2D eigenvalue weighted by atomic mass is 10.0. The number of hydrogen-bond acceptors (Lipinski definition) is 5. The third-order valence-electron chi connectivity index (χ3n) is 5.40. The van der Waals surface area contributed by atoms with Gasteiger partial charge in [-0.05, 0) is 36.2 Å². The van der Waals surface area contributed by atoms with E-state index in [1.807, 2.05) is 35.2 Å². The summed E-state index contributed by atoms with van der Waals surface area (Å²) < 4.78 is 5.28. The maximum atomic E-state index is 12.9. The van der Waals surface area contributed by atoms with Crippen LogP contribution in [0.5, 0.6) is 5.75 Å². The predicted octanol–water partition coefficient (Wildman–Crippen LogP) is 0.916. The predicted molar refractivity (Wildman–Crippen MR) is 104 cm³/mol. The second kappa shape index (κ2) is 8.04. The van der Waals surface area contributed by atoms with Gasteiger partial charge in [0.1, 0.15) is 17.5 Å². The molecular formula is C20H25N5O3. The van der Waals surface area contributed by atoms with Gasteiger partial charge in [-0.25, -0.2) is 10.9 Å². The Balaban J connectivity index is 1.31. The van der Waals surface area contributed by atoms with Crippen LogP contribution in [-0.4, -0.2) is 65.9 Å². The van der Waals surface area contributed by atoms with Crippen molar-refractivity contribution in [2.24, 2.45) is 0 Å². The van der Waals surface area contributed by atoms with Gasteiger partial charge >= 0.3 is 0 Å². The molecule has 0 aliphatic carbocycles. The number of aromatic nitrogens is 1. The molecule has 4 rings (SSSR count). The molecule has 0 radical (unpaired) electrons. The molecule has 0 bridgehead atoms. The van der Waals surface area contributed by atoms with E-state index in [0.717, 1.165) is 11.3 Å². The number of nitrogens with one attached hydrogen (secondary N) is 3. The monoisotopic (exact) mass is 383 g/mol. The summed E-state index contributed by atoms with van der Waals surface area (Å²) in [4.78, 5) is 31.9. The van der Waals surface area contributed by atoms with Crippen LogP contribution in [0.3, 0.4) is 0 Å². The van der Waals surface area contributed by atoms with Crippen LogP contribution < -0.4 is 15.6 Å². The van der Waals surface area contributed by atoms with E-state index >= 15 is 0 Å². The Labute approximate surface area is 163 Å². The summed E-state index contributed by atoms with van der Waals surface area (Å²) in [6, 6.07) is 11.2. The van der Waals surface area contributed by atoms with Gasteiger partial charge < -0.3 is 19.5 Å². The van der Waals surface area contributed by atoms with Crippen LogP contribution in [0.1, 0.15) is 28.5 Å². The largest absolute Gasteiger partial charge is 0.497 e. The zero-order valence-corrected chi connectivity index (χ0v) is 15.9. The van der Waals surface area contributed by atoms with Gasteiger partial charge in [0.2, 0.25) is 5.91 Å². The third-order valence-corrected chi connectivity index (χ3v) is 5.40. The highest BCUT2D eigenvalue weighted by molar-refractivity contribution is 5.92. The summed E-state index contributed by atoms with van der Waals surface area (Å²) in [6.45, 7) is 2.19. The average Bonchev–Trinajstić information content (AvgIpc) is 3.45. The number of nitrogens with zero attached hydrogens (tertiary/aromatic N) is 2. The van der Waals surface area contributed by atoms with Crippen molar-refractivity contribution in [2.75, 3.05) is 33.3 Å². The number of piperazine rings is 1. The number of H-pyrrole nitrogens is 1. The van der Waals surface area contributed by atoms with Crippen LogP contribution in [0.15, 0.2) is 42.6 Å². The lowest BCUT2D eigenvalue weighted by Crippen LogP contribution is -2.54. The van der Waals surface area contributed by atoms with Gasteiger partial charge in [0, 0.05) is 38.4 Å². The first-order valence-electron chi connectivity index (χ1n) is 9.52. The molecule has 0 saturated carbocycles. The van der Waals surface area contributed by atoms with Gasteiger partial charge in [-0.3, -0.25) is 9.59 Å². The molecule has 1 aromatic heterocycles. The van der Waals surface area contributed by atoms with Gasteiger partial charge in [-0.2, -0.15) is 0 Å². The minimum Gasteiger partial charge on any atom is -0.497 e. The number of amides is 2. The number of carbonyl (C=O) groups is 2. The zero-order chi connectivity index (χ0) is 19.5. The van der Waals surface area contributed by atoms with E-state index in [1.165, 1.54) is 0 Å². The molecule has 2 aliphatic heterocycles. The van der Waals surface area contributed by atoms with Crippen molar-refractivity contribution < 1.29 is 14.3 Å². The normalized spacial score (nSPS) is 22.3. The van der Waals surface area contributed by atoms with Crippen molar-refractivity contribution in [3.63, 3.8) is 0 Å². The summed E-state index contributed by atoms with van der Waals surface area (Å²) in [6.07, 6.45) is 2.41. The summed E-state index contributed by atoms with van der Waals surface area (Å²) in [5, 5.41) is 0. The number of ether oxygens (including phenoxy) is 1. The van der Waals surface area contributed by atoms with Gasteiger partial charge in [0.15, 0.2) is 0 Å². The topological polar surface area (TPSA) is 89.7 Å². The first-order chi connectivity index (χ1) is 13.7. The minimum atomic E-state index is -0.276.